The molecule has 36 heavy (non-hydrogen) atoms. The average Bonchev–Trinajstić information content (AvgIpc) is 2.86. The van der Waals surface area contributed by atoms with Crippen LogP contribution in [0.3, 0.4) is 0 Å². The van der Waals surface area contributed by atoms with Gasteiger partial charge >= 0.3 is 6.18 Å². The molecule has 0 radical (unpaired) electrons. The third kappa shape index (κ3) is 7.55. The standard InChI is InChI=1S/C24H33F3N4O5/c1-2-3-4-22(32)29-13-9-19(10-14-29)36-16-23(33)30-11-7-17(8-12-30)28-18-5-6-21(31(34)35)20(15-18)24(25,26)27/h5-6,15,17,19,28H,2-4,7-14,16H2,1H3. The van der Waals surface area contributed by atoms with Crippen molar-refractivity contribution in [2.24, 2.45) is 0 Å². The van der Waals surface area contributed by atoms with Gasteiger partial charge in [-0.1, -0.05) is 13.3 Å². The molecule has 0 unspecified atom stereocenters. The Labute approximate surface area is 208 Å². The molecule has 200 valence electrons. The Morgan fingerprint density at radius 2 is 1.69 bits per heavy atom. The van der Waals surface area contributed by atoms with Crippen molar-refractivity contribution in [1.82, 2.24) is 9.80 Å². The molecule has 9 nitrogen and oxygen atoms in total. The molecule has 1 aromatic rings. The molecular weight excluding hydrogens is 481 g/mol. The Bertz CT molecular complexity index is 927. The van der Waals surface area contributed by atoms with E-state index in [4.69, 9.17) is 4.74 Å². The van der Waals surface area contributed by atoms with E-state index in [-0.39, 0.29) is 36.3 Å². The molecule has 0 atom stereocenters. The summed E-state index contributed by atoms with van der Waals surface area (Å²) in [6.07, 6.45) is 0.00233. The summed E-state index contributed by atoms with van der Waals surface area (Å²) in [5, 5.41) is 13.9. The highest BCUT2D eigenvalue weighted by molar-refractivity contribution is 5.77. The maximum Gasteiger partial charge on any atom is 0.423 e. The normalized spacial score (nSPS) is 17.8. The van der Waals surface area contributed by atoms with Gasteiger partial charge in [-0.3, -0.25) is 19.7 Å². The molecular formula is C24H33F3N4O5. The number of hydrogen-bond acceptors (Lipinski definition) is 6. The Morgan fingerprint density at radius 3 is 2.28 bits per heavy atom. The second kappa shape index (κ2) is 12.4. The lowest BCUT2D eigenvalue weighted by molar-refractivity contribution is -0.388. The Morgan fingerprint density at radius 1 is 1.08 bits per heavy atom. The fraction of sp³-hybridized carbons (Fsp3) is 0.667. The van der Waals surface area contributed by atoms with Crippen molar-refractivity contribution >= 4 is 23.2 Å². The summed E-state index contributed by atoms with van der Waals surface area (Å²) >= 11 is 0. The minimum absolute atomic E-state index is 0.0379. The van der Waals surface area contributed by atoms with Crippen LogP contribution in [0.1, 0.15) is 57.4 Å². The minimum Gasteiger partial charge on any atom is -0.382 e. The number of amides is 2. The highest BCUT2D eigenvalue weighted by Gasteiger charge is 2.38. The van der Waals surface area contributed by atoms with Crippen molar-refractivity contribution in [3.8, 4) is 0 Å². The maximum absolute atomic E-state index is 13.2. The van der Waals surface area contributed by atoms with E-state index in [9.17, 15) is 32.9 Å². The van der Waals surface area contributed by atoms with Gasteiger partial charge in [-0.05, 0) is 44.2 Å². The molecule has 1 aromatic carbocycles. The van der Waals surface area contributed by atoms with E-state index in [1.807, 2.05) is 4.90 Å². The largest absolute Gasteiger partial charge is 0.423 e. The van der Waals surface area contributed by atoms with Gasteiger partial charge in [0.1, 0.15) is 12.2 Å². The Hall–Kier alpha value is -2.89. The molecule has 0 aromatic heterocycles. The number of piperidine rings is 2. The molecule has 2 aliphatic rings. The lowest BCUT2D eigenvalue weighted by Crippen LogP contribution is -2.45. The molecule has 3 rings (SSSR count). The topological polar surface area (TPSA) is 105 Å². The third-order valence-corrected chi connectivity index (χ3v) is 6.70. The molecule has 12 heteroatoms. The summed E-state index contributed by atoms with van der Waals surface area (Å²) in [7, 11) is 0. The van der Waals surface area contributed by atoms with Gasteiger partial charge in [0.05, 0.1) is 11.0 Å². The van der Waals surface area contributed by atoms with Crippen LogP contribution >= 0.6 is 0 Å². The van der Waals surface area contributed by atoms with Gasteiger partial charge < -0.3 is 19.9 Å². The first-order valence-electron chi connectivity index (χ1n) is 12.4. The molecule has 0 aliphatic carbocycles. The summed E-state index contributed by atoms with van der Waals surface area (Å²) in [6.45, 7) is 4.15. The van der Waals surface area contributed by atoms with Gasteiger partial charge in [-0.25, -0.2) is 0 Å². The number of ether oxygens (including phenoxy) is 1. The van der Waals surface area contributed by atoms with Crippen molar-refractivity contribution < 1.29 is 32.4 Å². The average molecular weight is 515 g/mol. The lowest BCUT2D eigenvalue weighted by atomic mass is 10.0. The number of halogens is 3. The molecule has 2 aliphatic heterocycles. The number of nitro groups is 1. The van der Waals surface area contributed by atoms with Gasteiger partial charge in [-0.2, -0.15) is 13.2 Å². The van der Waals surface area contributed by atoms with Gasteiger partial charge in [-0.15, -0.1) is 0 Å². The Balaban J connectivity index is 1.41. The van der Waals surface area contributed by atoms with Crippen molar-refractivity contribution in [3.63, 3.8) is 0 Å². The number of likely N-dealkylation sites (tertiary alicyclic amines) is 2. The predicted octanol–water partition coefficient (Wildman–Crippen LogP) is 4.21. The lowest BCUT2D eigenvalue weighted by Gasteiger charge is -2.34. The summed E-state index contributed by atoms with van der Waals surface area (Å²) in [5.74, 6) is 0.0378. The highest BCUT2D eigenvalue weighted by Crippen LogP contribution is 2.37. The number of nitrogens with one attached hydrogen (secondary N) is 1. The second-order valence-corrected chi connectivity index (χ2v) is 9.28. The van der Waals surface area contributed by atoms with Gasteiger partial charge in [0.15, 0.2) is 0 Å². The predicted molar refractivity (Wildman–Crippen MR) is 126 cm³/mol. The van der Waals surface area contributed by atoms with Crippen LogP contribution < -0.4 is 5.32 Å². The third-order valence-electron chi connectivity index (χ3n) is 6.70. The molecule has 0 bridgehead atoms. The number of carbonyl (C=O) groups is 2. The zero-order valence-electron chi connectivity index (χ0n) is 20.4. The number of rotatable bonds is 9. The van der Waals surface area contributed by atoms with Crippen LogP contribution in [0.2, 0.25) is 0 Å². The first-order chi connectivity index (χ1) is 17.1. The van der Waals surface area contributed by atoms with E-state index in [2.05, 4.69) is 12.2 Å². The van der Waals surface area contributed by atoms with E-state index in [0.29, 0.717) is 58.3 Å². The number of alkyl halides is 3. The van der Waals surface area contributed by atoms with E-state index in [0.717, 1.165) is 25.0 Å². The fourth-order valence-corrected chi connectivity index (χ4v) is 4.56. The van der Waals surface area contributed by atoms with E-state index in [1.165, 1.54) is 6.07 Å². The summed E-state index contributed by atoms with van der Waals surface area (Å²) < 4.78 is 45.4. The van der Waals surface area contributed by atoms with Crippen LogP contribution in [0.15, 0.2) is 18.2 Å². The molecule has 2 saturated heterocycles. The van der Waals surface area contributed by atoms with E-state index in [1.54, 1.807) is 4.90 Å². The number of nitro benzene ring substituents is 1. The minimum atomic E-state index is -4.84. The first kappa shape index (κ1) is 27.7. The van der Waals surface area contributed by atoms with Crippen molar-refractivity contribution in [2.45, 2.75) is 70.2 Å². The van der Waals surface area contributed by atoms with Gasteiger partial charge in [0.25, 0.3) is 5.69 Å². The molecule has 2 amide bonds. The van der Waals surface area contributed by atoms with Crippen LogP contribution in [-0.4, -0.2) is 71.5 Å². The van der Waals surface area contributed by atoms with Crippen molar-refractivity contribution in [3.05, 3.63) is 33.9 Å². The van der Waals surface area contributed by atoms with Gasteiger partial charge in [0, 0.05) is 50.4 Å². The SMILES string of the molecule is CCCCC(=O)N1CCC(OCC(=O)N2CCC(Nc3ccc([N+](=O)[O-])c(C(F)(F)F)c3)CC2)CC1. The van der Waals surface area contributed by atoms with E-state index >= 15 is 0 Å². The van der Waals surface area contributed by atoms with Crippen molar-refractivity contribution in [2.75, 3.05) is 38.1 Å². The van der Waals surface area contributed by atoms with Gasteiger partial charge in [0.2, 0.25) is 11.8 Å². The Kier molecular flexibility index (Phi) is 9.52. The van der Waals surface area contributed by atoms with Crippen LogP contribution in [0.4, 0.5) is 24.5 Å². The maximum atomic E-state index is 13.2. The molecule has 2 heterocycles. The number of carbonyl (C=O) groups excluding carboxylic acids is 2. The highest BCUT2D eigenvalue weighted by atomic mass is 19.4. The first-order valence-corrected chi connectivity index (χ1v) is 12.4. The van der Waals surface area contributed by atoms with Crippen LogP contribution in [0.25, 0.3) is 0 Å². The zero-order valence-corrected chi connectivity index (χ0v) is 20.4. The summed E-state index contributed by atoms with van der Waals surface area (Å²) in [5.41, 5.74) is -2.12. The summed E-state index contributed by atoms with van der Waals surface area (Å²) in [4.78, 5) is 38.1. The number of nitrogens with zero attached hydrogens (tertiary/aromatic N) is 3. The summed E-state index contributed by atoms with van der Waals surface area (Å²) in [6, 6.07) is 2.72. The number of hydrogen-bond donors (Lipinski definition) is 1. The number of benzene rings is 1. The monoisotopic (exact) mass is 514 g/mol. The van der Waals surface area contributed by atoms with Crippen LogP contribution in [0.5, 0.6) is 0 Å². The molecule has 0 saturated carbocycles. The van der Waals surface area contributed by atoms with Crippen LogP contribution in [0, 0.1) is 10.1 Å². The smallest absolute Gasteiger partial charge is 0.382 e. The quantitative estimate of drug-likeness (QED) is 0.391. The zero-order chi connectivity index (χ0) is 26.3. The molecule has 0 spiro atoms. The van der Waals surface area contributed by atoms with Crippen LogP contribution in [-0.2, 0) is 20.5 Å². The fourth-order valence-electron chi connectivity index (χ4n) is 4.56. The number of unbranched alkanes of at least 4 members (excludes halogenated alkanes) is 1. The number of anilines is 1. The second-order valence-electron chi connectivity index (χ2n) is 9.28. The van der Waals surface area contributed by atoms with Crippen molar-refractivity contribution in [1.29, 1.82) is 0 Å². The molecule has 2 fully saturated rings. The molecule has 1 N–H and O–H groups in total. The van der Waals surface area contributed by atoms with E-state index < -0.39 is 22.4 Å².